The van der Waals surface area contributed by atoms with Crippen LogP contribution >= 0.6 is 23.2 Å². The zero-order valence-corrected chi connectivity index (χ0v) is 43.8. The summed E-state index contributed by atoms with van der Waals surface area (Å²) in [6.07, 6.45) is 6.72. The topological polar surface area (TPSA) is 227 Å². The monoisotopic (exact) mass is 1030 g/mol. The van der Waals surface area contributed by atoms with Crippen LogP contribution < -0.4 is 10.6 Å². The number of rotatable bonds is 15. The lowest BCUT2D eigenvalue weighted by atomic mass is 10.1. The van der Waals surface area contributed by atoms with Crippen LogP contribution in [0.5, 0.6) is 0 Å². The Morgan fingerprint density at radius 2 is 1.26 bits per heavy atom. The van der Waals surface area contributed by atoms with E-state index in [0.29, 0.717) is 86.0 Å². The number of nitrogens with one attached hydrogen (secondary N) is 3. The number of hydrogen-bond donors (Lipinski definition) is 3. The lowest BCUT2D eigenvalue weighted by Crippen LogP contribution is -2.30. The fraction of sp³-hybridized carbons (Fsp3) is 0.320. The number of ether oxygens (including phenoxy) is 1. The molecule has 19 nitrogen and oxygen atoms in total. The summed E-state index contributed by atoms with van der Waals surface area (Å²) in [6.45, 7) is 20.1. The number of aromatic amines is 1. The van der Waals surface area contributed by atoms with Gasteiger partial charge >= 0.3 is 0 Å². The summed E-state index contributed by atoms with van der Waals surface area (Å²) in [6, 6.07) is 15.9. The van der Waals surface area contributed by atoms with Crippen LogP contribution in [-0.2, 0) is 24.6 Å². The van der Waals surface area contributed by atoms with Crippen molar-refractivity contribution in [1.82, 2.24) is 70.0 Å². The first kappa shape index (κ1) is 49.7. The van der Waals surface area contributed by atoms with Gasteiger partial charge in [-0.05, 0) is 84.0 Å². The van der Waals surface area contributed by atoms with Gasteiger partial charge in [0.05, 0.1) is 47.6 Å². The van der Waals surface area contributed by atoms with E-state index in [1.807, 2.05) is 104 Å². The third-order valence-electron chi connectivity index (χ3n) is 11.4. The predicted molar refractivity (Wildman–Crippen MR) is 279 cm³/mol. The van der Waals surface area contributed by atoms with E-state index in [2.05, 4.69) is 50.6 Å². The predicted octanol–water partition coefficient (Wildman–Crippen LogP) is 10.0. The van der Waals surface area contributed by atoms with Crippen LogP contribution in [0, 0.1) is 13.8 Å². The first-order valence-corrected chi connectivity index (χ1v) is 27.9. The molecular formula is C50H54Cl2N14O5Si. The van der Waals surface area contributed by atoms with Crippen LogP contribution in [0.25, 0.3) is 66.9 Å². The molecule has 10 rings (SSSR count). The van der Waals surface area contributed by atoms with Crippen LogP contribution in [0.2, 0.25) is 35.7 Å². The number of halogens is 2. The van der Waals surface area contributed by atoms with Crippen LogP contribution in [0.1, 0.15) is 71.3 Å². The maximum atomic E-state index is 13.2. The number of nitrogens with zero attached hydrogens (tertiary/aromatic N) is 11. The van der Waals surface area contributed by atoms with Gasteiger partial charge in [-0.3, -0.25) is 19.0 Å². The largest absolute Gasteiger partial charge is 0.361 e. The second kappa shape index (κ2) is 20.5. The molecule has 0 spiro atoms. The van der Waals surface area contributed by atoms with Gasteiger partial charge < -0.3 is 34.0 Å². The Morgan fingerprint density at radius 3 is 1.78 bits per heavy atom. The minimum Gasteiger partial charge on any atom is -0.361 e. The summed E-state index contributed by atoms with van der Waals surface area (Å²) >= 11 is 12.6. The van der Waals surface area contributed by atoms with E-state index in [1.54, 1.807) is 24.8 Å². The molecule has 10 aromatic rings. The van der Waals surface area contributed by atoms with Gasteiger partial charge in [0.15, 0.2) is 11.3 Å². The average molecular weight is 1030 g/mol. The third kappa shape index (κ3) is 11.0. The summed E-state index contributed by atoms with van der Waals surface area (Å²) in [5, 5.41) is 26.6. The van der Waals surface area contributed by atoms with Crippen molar-refractivity contribution in [1.29, 1.82) is 0 Å². The van der Waals surface area contributed by atoms with E-state index in [4.69, 9.17) is 62.1 Å². The maximum Gasteiger partial charge on any atom is 0.255 e. The highest BCUT2D eigenvalue weighted by Crippen LogP contribution is 2.33. The molecule has 3 N–H and O–H groups in total. The molecule has 0 radical (unpaired) electrons. The molecular weight excluding hydrogens is 976 g/mol. The summed E-state index contributed by atoms with van der Waals surface area (Å²) < 4.78 is 21.9. The van der Waals surface area contributed by atoms with Gasteiger partial charge in [-0.2, -0.15) is 10.2 Å². The van der Waals surface area contributed by atoms with Crippen molar-refractivity contribution in [3.63, 3.8) is 0 Å². The Hall–Kier alpha value is -7.26. The number of H-pyrrole nitrogens is 1. The van der Waals surface area contributed by atoms with Crippen molar-refractivity contribution < 1.29 is 23.4 Å². The van der Waals surface area contributed by atoms with E-state index in [1.165, 1.54) is 0 Å². The maximum absolute atomic E-state index is 13.2. The lowest BCUT2D eigenvalue weighted by molar-refractivity contribution is 0.0890. The van der Waals surface area contributed by atoms with Crippen molar-refractivity contribution in [3.8, 4) is 22.8 Å². The normalized spacial score (nSPS) is 12.0. The molecule has 72 heavy (non-hydrogen) atoms. The van der Waals surface area contributed by atoms with Gasteiger partial charge in [0.25, 0.3) is 11.8 Å². The van der Waals surface area contributed by atoms with Crippen molar-refractivity contribution >= 4 is 87.2 Å². The molecule has 0 atom stereocenters. The highest BCUT2D eigenvalue weighted by atomic mass is 35.5. The first-order valence-electron chi connectivity index (χ1n) is 23.4. The smallest absolute Gasteiger partial charge is 0.255 e. The Morgan fingerprint density at radius 1 is 0.736 bits per heavy atom. The molecule has 8 aromatic heterocycles. The van der Waals surface area contributed by atoms with Gasteiger partial charge in [-0.15, -0.1) is 0 Å². The van der Waals surface area contributed by atoms with E-state index < -0.39 is 8.07 Å². The second-order valence-corrected chi connectivity index (χ2v) is 25.9. The van der Waals surface area contributed by atoms with Gasteiger partial charge in [0, 0.05) is 72.1 Å². The number of hydrogen-bond acceptors (Lipinski definition) is 13. The van der Waals surface area contributed by atoms with Crippen LogP contribution in [0.15, 0.2) is 82.4 Å². The van der Waals surface area contributed by atoms with E-state index in [9.17, 15) is 9.59 Å². The minimum atomic E-state index is -1.23. The van der Waals surface area contributed by atoms with Crippen molar-refractivity contribution in [2.45, 2.75) is 99.1 Å². The van der Waals surface area contributed by atoms with Gasteiger partial charge in [0.1, 0.15) is 63.4 Å². The second-order valence-electron chi connectivity index (χ2n) is 19.4. The Kier molecular flexibility index (Phi) is 14.1. The summed E-state index contributed by atoms with van der Waals surface area (Å²) in [7, 11) is -1.23. The van der Waals surface area contributed by atoms with Crippen LogP contribution in [0.3, 0.4) is 0 Å². The Labute approximate surface area is 424 Å². The standard InChI is InChI=1S/C28H34ClN7O3Si.C22H20ClN7O2/c1-17(2)31-28(37)22-15-35(16-38-9-10-40(4,5)6)27-26(22)32-23(13-30-27)25-21-8-7-19(29)12-24(21)36(33-25)14-20-11-18(3)39-34-20;1-11(2)26-22(31)16-8-24-21-20(16)27-17(9-25-21)19-15-5-4-13(23)7-18(15)30(28-19)10-14-6-12(3)32-29-14/h7-8,11-13,15,17H,9-10,14,16H2,1-6H3,(H,31,37);4-9,11H,10H2,1-3H3,(H,24,25)(H,26,31). The number of benzene rings is 2. The number of carbonyl (C=O) groups excluding carboxylic acids is 2. The molecule has 0 bridgehead atoms. The molecule has 2 aromatic carbocycles. The fourth-order valence-corrected chi connectivity index (χ4v) is 9.12. The molecule has 8 heterocycles. The zero-order valence-electron chi connectivity index (χ0n) is 41.3. The number of aryl methyl sites for hydroxylation is 2. The zero-order chi connectivity index (χ0) is 51.0. The van der Waals surface area contributed by atoms with Crippen LogP contribution in [0.4, 0.5) is 0 Å². The van der Waals surface area contributed by atoms with Crippen LogP contribution in [-0.4, -0.2) is 97.9 Å². The number of fused-ring (bicyclic) bond motifs is 4. The molecule has 22 heteroatoms. The summed E-state index contributed by atoms with van der Waals surface area (Å²) in [5.41, 5.74) is 8.51. The van der Waals surface area contributed by atoms with E-state index >= 15 is 0 Å². The van der Waals surface area contributed by atoms with Crippen molar-refractivity contribution in [2.24, 2.45) is 0 Å². The number of amides is 2. The number of carbonyl (C=O) groups is 2. The average Bonchev–Trinajstić information content (AvgIpc) is 4.19. The molecule has 2 amide bonds. The van der Waals surface area contributed by atoms with Gasteiger partial charge in [0.2, 0.25) is 0 Å². The molecule has 372 valence electrons. The molecule has 0 fully saturated rings. The number of aromatic nitrogens is 12. The SMILES string of the molecule is Cc1cc(Cn2nc(-c3cnc4[nH]cc(C(=O)NC(C)C)c4n3)c3ccc(Cl)cc32)no1.Cc1cc(Cn2nc(-c3cnc4c(n3)c(C(=O)NC(C)C)cn4COCC[Si](C)(C)C)c3ccc(Cl)cc32)no1. The molecule has 0 aliphatic heterocycles. The summed E-state index contributed by atoms with van der Waals surface area (Å²) in [4.78, 5) is 47.6. The first-order chi connectivity index (χ1) is 34.4. The third-order valence-corrected chi connectivity index (χ3v) is 13.6. The highest BCUT2D eigenvalue weighted by Gasteiger charge is 2.24. The fourth-order valence-electron chi connectivity index (χ4n) is 8.04. The molecule has 0 saturated heterocycles. The van der Waals surface area contributed by atoms with Crippen molar-refractivity contribution in [2.75, 3.05) is 6.61 Å². The summed E-state index contributed by atoms with van der Waals surface area (Å²) in [5.74, 6) is 1.03. The van der Waals surface area contributed by atoms with E-state index in [-0.39, 0.29) is 30.6 Å². The Bertz CT molecular complexity index is 3620. The molecule has 0 aliphatic carbocycles. The molecule has 0 saturated carbocycles. The van der Waals surface area contributed by atoms with Gasteiger partial charge in [-0.25, -0.2) is 19.9 Å². The Balaban J connectivity index is 0.000000182. The van der Waals surface area contributed by atoms with Gasteiger partial charge in [-0.1, -0.05) is 53.2 Å². The van der Waals surface area contributed by atoms with E-state index in [0.717, 1.165) is 50.8 Å². The quantitative estimate of drug-likeness (QED) is 0.0642. The highest BCUT2D eigenvalue weighted by molar-refractivity contribution is 6.76. The minimum absolute atomic E-state index is 0.00755. The lowest BCUT2D eigenvalue weighted by Gasteiger charge is -2.15. The molecule has 0 unspecified atom stereocenters. The van der Waals surface area contributed by atoms with Crippen molar-refractivity contribution in [3.05, 3.63) is 117 Å². The molecule has 0 aliphatic rings.